The number of benzene rings is 1. The van der Waals surface area contributed by atoms with Crippen molar-refractivity contribution in [1.82, 2.24) is 19.4 Å². The third kappa shape index (κ3) is 3.58. The van der Waals surface area contributed by atoms with Gasteiger partial charge in [0.2, 0.25) is 5.91 Å². The Morgan fingerprint density at radius 1 is 1.14 bits per heavy atom. The molecular formula is C23H28N4O. The summed E-state index contributed by atoms with van der Waals surface area (Å²) in [5.74, 6) is 2.87. The highest BCUT2D eigenvalue weighted by Gasteiger charge is 2.28. The number of H-pyrrole nitrogens is 1. The Morgan fingerprint density at radius 3 is 2.79 bits per heavy atom. The molecule has 28 heavy (non-hydrogen) atoms. The fourth-order valence-corrected chi connectivity index (χ4v) is 4.54. The summed E-state index contributed by atoms with van der Waals surface area (Å²) >= 11 is 0. The van der Waals surface area contributed by atoms with Crippen LogP contribution < -0.4 is 0 Å². The number of nitrogens with zero attached hydrogens (tertiary/aromatic N) is 3. The van der Waals surface area contributed by atoms with Crippen molar-refractivity contribution < 1.29 is 4.79 Å². The van der Waals surface area contributed by atoms with Crippen LogP contribution >= 0.6 is 0 Å². The highest BCUT2D eigenvalue weighted by molar-refractivity contribution is 5.84. The van der Waals surface area contributed by atoms with Gasteiger partial charge >= 0.3 is 0 Å². The van der Waals surface area contributed by atoms with E-state index < -0.39 is 0 Å². The van der Waals surface area contributed by atoms with Gasteiger partial charge in [0.25, 0.3) is 0 Å². The molecular weight excluding hydrogens is 348 g/mol. The van der Waals surface area contributed by atoms with Crippen LogP contribution in [-0.4, -0.2) is 38.4 Å². The number of amides is 1. The summed E-state index contributed by atoms with van der Waals surface area (Å²) in [6.07, 6.45) is 12.3. The number of aromatic amines is 1. The van der Waals surface area contributed by atoms with Crippen LogP contribution in [0.3, 0.4) is 0 Å². The minimum atomic E-state index is 0.282. The molecule has 0 spiro atoms. The molecule has 1 aliphatic carbocycles. The van der Waals surface area contributed by atoms with Crippen LogP contribution in [-0.2, 0) is 17.8 Å². The first-order chi connectivity index (χ1) is 13.8. The molecule has 0 bridgehead atoms. The van der Waals surface area contributed by atoms with Crippen molar-refractivity contribution in [3.05, 3.63) is 54.2 Å². The molecule has 3 heterocycles. The van der Waals surface area contributed by atoms with Crippen molar-refractivity contribution in [2.75, 3.05) is 13.1 Å². The molecule has 5 rings (SSSR count). The van der Waals surface area contributed by atoms with Crippen LogP contribution in [0.4, 0.5) is 0 Å². The maximum Gasteiger partial charge on any atom is 0.222 e. The van der Waals surface area contributed by atoms with E-state index in [-0.39, 0.29) is 5.91 Å². The van der Waals surface area contributed by atoms with Crippen molar-refractivity contribution in [3.63, 3.8) is 0 Å². The van der Waals surface area contributed by atoms with Gasteiger partial charge < -0.3 is 14.5 Å². The zero-order valence-corrected chi connectivity index (χ0v) is 16.3. The first kappa shape index (κ1) is 17.5. The average molecular weight is 377 g/mol. The minimum Gasteiger partial charge on any atom is -0.361 e. The topological polar surface area (TPSA) is 53.9 Å². The van der Waals surface area contributed by atoms with Crippen LogP contribution in [0.5, 0.6) is 0 Å². The van der Waals surface area contributed by atoms with E-state index in [4.69, 9.17) is 0 Å². The third-order valence-electron chi connectivity index (χ3n) is 6.40. The number of rotatable bonds is 6. The normalized spacial score (nSPS) is 18.1. The predicted molar refractivity (Wildman–Crippen MR) is 110 cm³/mol. The first-order valence-electron chi connectivity index (χ1n) is 10.6. The number of piperidine rings is 1. The monoisotopic (exact) mass is 376 g/mol. The lowest BCUT2D eigenvalue weighted by atomic mass is 9.95. The molecule has 1 aliphatic heterocycles. The van der Waals surface area contributed by atoms with E-state index in [2.05, 4.69) is 43.8 Å². The van der Waals surface area contributed by atoms with Crippen molar-refractivity contribution in [2.24, 2.45) is 5.92 Å². The van der Waals surface area contributed by atoms with Gasteiger partial charge in [0.15, 0.2) is 0 Å². The van der Waals surface area contributed by atoms with Crippen LogP contribution in [0.1, 0.15) is 49.4 Å². The summed E-state index contributed by atoms with van der Waals surface area (Å²) < 4.78 is 2.36. The quantitative estimate of drug-likeness (QED) is 0.704. The Labute approximate surface area is 165 Å². The molecule has 2 aromatic heterocycles. The number of likely N-dealkylation sites (tertiary alicyclic amines) is 1. The second kappa shape index (κ2) is 7.46. The highest BCUT2D eigenvalue weighted by Crippen LogP contribution is 2.33. The van der Waals surface area contributed by atoms with Gasteiger partial charge in [-0.2, -0.15) is 0 Å². The van der Waals surface area contributed by atoms with Crippen LogP contribution in [0.2, 0.25) is 0 Å². The molecule has 0 unspecified atom stereocenters. The summed E-state index contributed by atoms with van der Waals surface area (Å²) in [4.78, 5) is 22.7. The number of imidazole rings is 1. The molecule has 2 aliphatic rings. The summed E-state index contributed by atoms with van der Waals surface area (Å²) in [6, 6.07) is 8.30. The fraction of sp³-hybridized carbons (Fsp3) is 0.478. The zero-order chi connectivity index (χ0) is 18.9. The van der Waals surface area contributed by atoms with Gasteiger partial charge in [0.05, 0.1) is 0 Å². The Morgan fingerprint density at radius 2 is 1.96 bits per heavy atom. The summed E-state index contributed by atoms with van der Waals surface area (Å²) in [5, 5.41) is 1.23. The van der Waals surface area contributed by atoms with Gasteiger partial charge in [-0.1, -0.05) is 18.2 Å². The van der Waals surface area contributed by atoms with Crippen molar-refractivity contribution in [1.29, 1.82) is 0 Å². The first-order valence-corrected chi connectivity index (χ1v) is 10.6. The van der Waals surface area contributed by atoms with E-state index in [0.717, 1.165) is 50.3 Å². The second-order valence-electron chi connectivity index (χ2n) is 8.40. The van der Waals surface area contributed by atoms with Crippen LogP contribution in [0, 0.1) is 5.92 Å². The van der Waals surface area contributed by atoms with E-state index in [0.29, 0.717) is 12.3 Å². The lowest BCUT2D eigenvalue weighted by molar-refractivity contribution is -0.132. The summed E-state index contributed by atoms with van der Waals surface area (Å²) in [5.41, 5.74) is 2.38. The molecule has 1 saturated heterocycles. The molecule has 0 radical (unpaired) electrons. The lowest BCUT2D eigenvalue weighted by Gasteiger charge is -2.32. The van der Waals surface area contributed by atoms with E-state index in [1.54, 1.807) is 0 Å². The van der Waals surface area contributed by atoms with Gasteiger partial charge in [-0.05, 0) is 49.7 Å². The number of hydrogen-bond donors (Lipinski definition) is 1. The average Bonchev–Trinajstić information content (AvgIpc) is 3.27. The minimum absolute atomic E-state index is 0.282. The molecule has 0 atom stereocenters. The molecule has 146 valence electrons. The Bertz CT molecular complexity index is 960. The molecule has 5 nitrogen and oxygen atoms in total. The molecule has 5 heteroatoms. The van der Waals surface area contributed by atoms with Gasteiger partial charge in [-0.15, -0.1) is 0 Å². The molecule has 1 N–H and O–H groups in total. The molecule has 2 fully saturated rings. The van der Waals surface area contributed by atoms with Gasteiger partial charge in [-0.25, -0.2) is 4.98 Å². The number of carbonyl (C=O) groups excluding carboxylic acids is 1. The van der Waals surface area contributed by atoms with Crippen LogP contribution in [0.25, 0.3) is 10.9 Å². The zero-order valence-electron chi connectivity index (χ0n) is 16.3. The molecule has 1 amide bonds. The smallest absolute Gasteiger partial charge is 0.222 e. The van der Waals surface area contributed by atoms with E-state index >= 15 is 0 Å². The number of aromatic nitrogens is 3. The number of hydrogen-bond acceptors (Lipinski definition) is 2. The van der Waals surface area contributed by atoms with E-state index in [1.165, 1.54) is 29.6 Å². The highest BCUT2D eigenvalue weighted by atomic mass is 16.2. The standard InChI is InChI=1S/C23H28N4O/c28-22(8-7-19-15-25-21-4-2-1-3-20(19)21)26-12-9-18(10-13-26)23-24-11-14-27(23)16-17-5-6-17/h1-4,11,14-15,17-18,25H,5-10,12-13,16H2. The van der Waals surface area contributed by atoms with Crippen molar-refractivity contribution in [2.45, 2.75) is 51.0 Å². The SMILES string of the molecule is O=C(CCc1c[nH]c2ccccc12)N1CCC(c2nccn2CC2CC2)CC1. The van der Waals surface area contributed by atoms with Crippen molar-refractivity contribution >= 4 is 16.8 Å². The second-order valence-corrected chi connectivity index (χ2v) is 8.40. The largest absolute Gasteiger partial charge is 0.361 e. The van der Waals surface area contributed by atoms with Gasteiger partial charge in [0, 0.05) is 61.5 Å². The lowest BCUT2D eigenvalue weighted by Crippen LogP contribution is -2.38. The maximum atomic E-state index is 12.7. The number of nitrogens with one attached hydrogen (secondary N) is 1. The Kier molecular flexibility index (Phi) is 4.67. The molecule has 3 aromatic rings. The molecule has 1 saturated carbocycles. The van der Waals surface area contributed by atoms with Crippen LogP contribution in [0.15, 0.2) is 42.9 Å². The number of fused-ring (bicyclic) bond motifs is 1. The Hall–Kier alpha value is -2.56. The summed E-state index contributed by atoms with van der Waals surface area (Å²) in [7, 11) is 0. The van der Waals surface area contributed by atoms with Gasteiger partial charge in [0.1, 0.15) is 5.82 Å². The van der Waals surface area contributed by atoms with Gasteiger partial charge in [-0.3, -0.25) is 4.79 Å². The number of aryl methyl sites for hydroxylation is 1. The fourth-order valence-electron chi connectivity index (χ4n) is 4.54. The number of carbonyl (C=O) groups is 1. The predicted octanol–water partition coefficient (Wildman–Crippen LogP) is 4.11. The Balaban J connectivity index is 1.15. The van der Waals surface area contributed by atoms with E-state index in [9.17, 15) is 4.79 Å². The maximum absolute atomic E-state index is 12.7. The van der Waals surface area contributed by atoms with E-state index in [1.807, 2.05) is 18.5 Å². The summed E-state index contributed by atoms with van der Waals surface area (Å²) in [6.45, 7) is 2.83. The number of para-hydroxylation sites is 1. The molecule has 1 aromatic carbocycles. The third-order valence-corrected chi connectivity index (χ3v) is 6.40. The van der Waals surface area contributed by atoms with Crippen molar-refractivity contribution in [3.8, 4) is 0 Å².